The van der Waals surface area contributed by atoms with Crippen molar-refractivity contribution in [3.63, 3.8) is 0 Å². The number of para-hydroxylation sites is 1. The Morgan fingerprint density at radius 2 is 1.59 bits per heavy atom. The number of alkyl halides is 3. The van der Waals surface area contributed by atoms with Gasteiger partial charge in [0.1, 0.15) is 0 Å². The van der Waals surface area contributed by atoms with Crippen LogP contribution >= 0.6 is 0 Å². The average Bonchev–Trinajstić information content (AvgIpc) is 3.32. The van der Waals surface area contributed by atoms with Crippen molar-refractivity contribution in [1.82, 2.24) is 15.2 Å². The van der Waals surface area contributed by atoms with Gasteiger partial charge in [0.25, 0.3) is 0 Å². The largest absolute Gasteiger partial charge is 0.470 e. The van der Waals surface area contributed by atoms with Crippen molar-refractivity contribution >= 4 is 11.8 Å². The van der Waals surface area contributed by atoms with Crippen molar-refractivity contribution in [1.29, 1.82) is 0 Å². The Morgan fingerprint density at radius 1 is 0.938 bits per heavy atom. The van der Waals surface area contributed by atoms with Gasteiger partial charge in [-0.1, -0.05) is 43.0 Å². The van der Waals surface area contributed by atoms with Crippen LogP contribution in [0, 0.1) is 0 Å². The van der Waals surface area contributed by atoms with E-state index < -0.39 is 12.1 Å². The van der Waals surface area contributed by atoms with Gasteiger partial charge in [0.15, 0.2) is 0 Å². The second kappa shape index (κ2) is 10.4. The fourth-order valence-corrected chi connectivity index (χ4v) is 2.75. The maximum absolute atomic E-state index is 12.5. The molecule has 0 atom stereocenters. The molecule has 0 saturated carbocycles. The van der Waals surface area contributed by atoms with Crippen LogP contribution in [0.25, 0.3) is 17.5 Å². The van der Waals surface area contributed by atoms with E-state index in [-0.39, 0.29) is 5.89 Å². The van der Waals surface area contributed by atoms with Crippen molar-refractivity contribution in [2.45, 2.75) is 12.7 Å². The molecular formula is C24H21F3N4O. The predicted octanol–water partition coefficient (Wildman–Crippen LogP) is 6.12. The van der Waals surface area contributed by atoms with Gasteiger partial charge in [-0.25, -0.2) is 0 Å². The molecule has 0 unspecified atom stereocenters. The summed E-state index contributed by atoms with van der Waals surface area (Å²) in [6.07, 6.45) is 0.652. The summed E-state index contributed by atoms with van der Waals surface area (Å²) in [5.74, 6) is -1.49. The standard InChI is InChI=1S/C17H14F3N3O.C7H7N/c1-23(14-5-3-2-4-6-14)11-12-7-9-13(10-8-12)15-21-22-16(24-15)17(18,19)20;1-2-7-3-5-8-6-4-7/h2-10H,11H2,1H3;2-6H,1H2. The molecular weight excluding hydrogens is 417 g/mol. The number of anilines is 1. The van der Waals surface area contributed by atoms with Crippen LogP contribution in [0.15, 0.2) is 90.1 Å². The first-order chi connectivity index (χ1) is 15.4. The molecule has 0 bridgehead atoms. The van der Waals surface area contributed by atoms with Crippen LogP contribution in [0.2, 0.25) is 0 Å². The Balaban J connectivity index is 0.000000305. The fourth-order valence-electron chi connectivity index (χ4n) is 2.75. The van der Waals surface area contributed by atoms with Crippen molar-refractivity contribution in [3.05, 3.63) is 103 Å². The molecule has 164 valence electrons. The van der Waals surface area contributed by atoms with Gasteiger partial charge in [0.05, 0.1) is 0 Å². The van der Waals surface area contributed by atoms with Crippen LogP contribution in [0.3, 0.4) is 0 Å². The Bertz CT molecular complexity index is 1110. The van der Waals surface area contributed by atoms with Crippen LogP contribution in [-0.4, -0.2) is 22.2 Å². The van der Waals surface area contributed by atoms with Crippen LogP contribution in [0.4, 0.5) is 18.9 Å². The smallest absolute Gasteiger partial charge is 0.413 e. The van der Waals surface area contributed by atoms with Crippen molar-refractivity contribution in [3.8, 4) is 11.5 Å². The lowest BCUT2D eigenvalue weighted by molar-refractivity contribution is -0.156. The molecule has 2 aromatic carbocycles. The maximum Gasteiger partial charge on any atom is 0.470 e. The highest BCUT2D eigenvalue weighted by molar-refractivity contribution is 5.54. The van der Waals surface area contributed by atoms with Crippen molar-refractivity contribution in [2.75, 3.05) is 11.9 Å². The lowest BCUT2D eigenvalue weighted by atomic mass is 10.1. The third-order valence-corrected chi connectivity index (χ3v) is 4.43. The number of nitrogens with zero attached hydrogens (tertiary/aromatic N) is 4. The molecule has 2 heterocycles. The van der Waals surface area contributed by atoms with E-state index in [0.717, 1.165) is 16.8 Å². The number of halogens is 3. The first-order valence-electron chi connectivity index (χ1n) is 9.65. The van der Waals surface area contributed by atoms with Gasteiger partial charge in [0.2, 0.25) is 5.89 Å². The summed E-state index contributed by atoms with van der Waals surface area (Å²) in [7, 11) is 1.97. The molecule has 0 fully saturated rings. The number of benzene rings is 2. The lowest BCUT2D eigenvalue weighted by Gasteiger charge is -2.19. The summed E-state index contributed by atoms with van der Waals surface area (Å²) in [4.78, 5) is 5.92. The van der Waals surface area contributed by atoms with Gasteiger partial charge in [-0.15, -0.1) is 10.2 Å². The molecule has 32 heavy (non-hydrogen) atoms. The van der Waals surface area contributed by atoms with E-state index in [1.165, 1.54) is 0 Å². The summed E-state index contributed by atoms with van der Waals surface area (Å²) >= 11 is 0. The van der Waals surface area contributed by atoms with E-state index in [0.29, 0.717) is 12.1 Å². The normalized spacial score (nSPS) is 10.8. The Hall–Kier alpha value is -3.94. The Morgan fingerprint density at radius 3 is 2.12 bits per heavy atom. The van der Waals surface area contributed by atoms with Gasteiger partial charge in [-0.05, 0) is 47.5 Å². The molecule has 8 heteroatoms. The van der Waals surface area contributed by atoms with Gasteiger partial charge in [-0.2, -0.15) is 13.2 Å². The molecule has 0 aliphatic rings. The van der Waals surface area contributed by atoms with E-state index in [9.17, 15) is 13.2 Å². The molecule has 0 aliphatic carbocycles. The van der Waals surface area contributed by atoms with Crippen molar-refractivity contribution < 1.29 is 17.6 Å². The van der Waals surface area contributed by atoms with E-state index in [1.807, 2.05) is 61.6 Å². The van der Waals surface area contributed by atoms with Crippen LogP contribution < -0.4 is 4.90 Å². The number of pyridine rings is 1. The predicted molar refractivity (Wildman–Crippen MR) is 118 cm³/mol. The SMILES string of the molecule is C=Cc1ccncc1.CN(Cc1ccc(-c2nnc(C(F)(F)F)o2)cc1)c1ccccc1. The van der Waals surface area contributed by atoms with E-state index >= 15 is 0 Å². The zero-order chi connectivity index (χ0) is 23.0. The van der Waals surface area contributed by atoms with Gasteiger partial charge in [-0.3, -0.25) is 4.98 Å². The quantitative estimate of drug-likeness (QED) is 0.376. The minimum atomic E-state index is -4.64. The Kier molecular flexibility index (Phi) is 7.38. The first kappa shape index (κ1) is 22.7. The van der Waals surface area contributed by atoms with Crippen molar-refractivity contribution in [2.24, 2.45) is 0 Å². The van der Waals surface area contributed by atoms with Gasteiger partial charge >= 0.3 is 12.1 Å². The number of rotatable bonds is 5. The Labute approximate surface area is 183 Å². The highest BCUT2D eigenvalue weighted by Crippen LogP contribution is 2.30. The lowest BCUT2D eigenvalue weighted by Crippen LogP contribution is -2.15. The summed E-state index contributed by atoms with van der Waals surface area (Å²) in [6.45, 7) is 4.27. The topological polar surface area (TPSA) is 55.1 Å². The second-order valence-electron chi connectivity index (χ2n) is 6.78. The molecule has 2 aromatic heterocycles. The third kappa shape index (κ3) is 6.28. The summed E-state index contributed by atoms with van der Waals surface area (Å²) in [5, 5.41) is 6.47. The molecule has 0 saturated heterocycles. The highest BCUT2D eigenvalue weighted by Gasteiger charge is 2.38. The van der Waals surface area contributed by atoms with Crippen LogP contribution in [0.5, 0.6) is 0 Å². The molecule has 0 amide bonds. The van der Waals surface area contributed by atoms with Gasteiger partial charge in [0, 0.05) is 37.2 Å². The number of hydrogen-bond acceptors (Lipinski definition) is 5. The van der Waals surface area contributed by atoms with E-state index in [2.05, 4.69) is 31.1 Å². The summed E-state index contributed by atoms with van der Waals surface area (Å²) in [6, 6.07) is 20.7. The minimum absolute atomic E-state index is 0.148. The third-order valence-electron chi connectivity index (χ3n) is 4.43. The average molecular weight is 438 g/mol. The first-order valence-corrected chi connectivity index (χ1v) is 9.65. The summed E-state index contributed by atoms with van der Waals surface area (Å²) < 4.78 is 42.1. The minimum Gasteiger partial charge on any atom is -0.413 e. The highest BCUT2D eigenvalue weighted by atomic mass is 19.4. The molecule has 0 aliphatic heterocycles. The molecule has 0 spiro atoms. The molecule has 4 rings (SSSR count). The van der Waals surface area contributed by atoms with Crippen LogP contribution in [0.1, 0.15) is 17.0 Å². The maximum atomic E-state index is 12.5. The molecule has 0 N–H and O–H groups in total. The summed E-state index contributed by atoms with van der Waals surface area (Å²) in [5.41, 5.74) is 3.65. The van der Waals surface area contributed by atoms with Crippen LogP contribution in [-0.2, 0) is 12.7 Å². The van der Waals surface area contributed by atoms with E-state index in [4.69, 9.17) is 0 Å². The monoisotopic (exact) mass is 438 g/mol. The zero-order valence-corrected chi connectivity index (χ0v) is 17.3. The van der Waals surface area contributed by atoms with E-state index in [1.54, 1.807) is 30.6 Å². The fraction of sp³-hybridized carbons (Fsp3) is 0.125. The number of hydrogen-bond donors (Lipinski definition) is 0. The van der Waals surface area contributed by atoms with Gasteiger partial charge < -0.3 is 9.32 Å². The zero-order valence-electron chi connectivity index (χ0n) is 17.3. The molecule has 4 aromatic rings. The second-order valence-corrected chi connectivity index (χ2v) is 6.78. The molecule has 5 nitrogen and oxygen atoms in total. The number of aromatic nitrogens is 3. The molecule has 0 radical (unpaired) electrons.